The van der Waals surface area contributed by atoms with E-state index in [0.717, 1.165) is 77.0 Å². The smallest absolute Gasteiger partial charge is 0.287 e. The molecule has 48 heavy (non-hydrogen) atoms. The van der Waals surface area contributed by atoms with E-state index in [1.165, 1.54) is 6.42 Å². The van der Waals surface area contributed by atoms with Crippen LogP contribution in [0.2, 0.25) is 0 Å². The SMILES string of the molecule is C=CCNC(=O)C(=O)C(CC1CCC1)C[C@@H]1C2C(CN1C(=O)C(C1(C)CCCCC1)C1(CS(=O)(=O)C(C)(C)CC)CCCCC1)C2(C)C. The van der Waals surface area contributed by atoms with Crippen molar-refractivity contribution in [2.75, 3.05) is 18.8 Å². The minimum absolute atomic E-state index is 0.0793. The Morgan fingerprint density at radius 3 is 2.08 bits per heavy atom. The lowest BCUT2D eigenvalue weighted by molar-refractivity contribution is -0.153. The van der Waals surface area contributed by atoms with Crippen LogP contribution in [0.5, 0.6) is 0 Å². The molecule has 1 heterocycles. The van der Waals surface area contributed by atoms with E-state index in [0.29, 0.717) is 43.6 Å². The first-order chi connectivity index (χ1) is 22.5. The third kappa shape index (κ3) is 7.08. The average molecular weight is 687 g/mol. The number of sulfone groups is 1. The topological polar surface area (TPSA) is 101 Å². The average Bonchev–Trinajstić information content (AvgIpc) is 3.33. The first-order valence-corrected chi connectivity index (χ1v) is 21.1. The molecule has 5 rings (SSSR count). The van der Waals surface area contributed by atoms with E-state index < -0.39 is 31.8 Å². The molecule has 7 nitrogen and oxygen atoms in total. The fraction of sp³-hybridized carbons (Fsp3) is 0.875. The molecule has 0 aromatic carbocycles. The molecule has 1 aliphatic heterocycles. The lowest BCUT2D eigenvalue weighted by Gasteiger charge is -2.54. The van der Waals surface area contributed by atoms with Crippen LogP contribution in [0.4, 0.5) is 0 Å². The van der Waals surface area contributed by atoms with Gasteiger partial charge in [0.25, 0.3) is 5.91 Å². The van der Waals surface area contributed by atoms with Crippen molar-refractivity contribution in [2.24, 2.45) is 45.8 Å². The van der Waals surface area contributed by atoms with Gasteiger partial charge in [-0.1, -0.05) is 91.6 Å². The fourth-order valence-corrected chi connectivity index (χ4v) is 12.9. The summed E-state index contributed by atoms with van der Waals surface area (Å²) in [5.74, 6) is -0.359. The Morgan fingerprint density at radius 2 is 1.54 bits per heavy atom. The van der Waals surface area contributed by atoms with E-state index in [1.807, 2.05) is 20.8 Å². The minimum Gasteiger partial charge on any atom is -0.346 e. The van der Waals surface area contributed by atoms with Crippen LogP contribution in [0.25, 0.3) is 0 Å². The normalized spacial score (nSPS) is 29.2. The highest BCUT2D eigenvalue weighted by Crippen LogP contribution is 2.67. The number of Topliss-reactive ketones (excluding diaryl/α,β-unsaturated/α-hetero) is 1. The summed E-state index contributed by atoms with van der Waals surface area (Å²) in [5.41, 5.74) is -0.778. The summed E-state index contributed by atoms with van der Waals surface area (Å²) in [6.45, 7) is 17.2. The molecule has 4 unspecified atom stereocenters. The molecule has 8 heteroatoms. The number of rotatable bonds is 15. The molecule has 2 amide bonds. The highest BCUT2D eigenvalue weighted by atomic mass is 32.2. The van der Waals surface area contributed by atoms with Crippen molar-refractivity contribution in [3.63, 3.8) is 0 Å². The number of hydrogen-bond acceptors (Lipinski definition) is 5. The maximum absolute atomic E-state index is 15.6. The van der Waals surface area contributed by atoms with Crippen LogP contribution in [0.3, 0.4) is 0 Å². The van der Waals surface area contributed by atoms with Gasteiger partial charge in [-0.2, -0.15) is 0 Å². The first-order valence-electron chi connectivity index (χ1n) is 19.5. The number of likely N-dealkylation sites (tertiary alicyclic amines) is 1. The first kappa shape index (κ1) is 37.6. The van der Waals surface area contributed by atoms with Gasteiger partial charge in [0.2, 0.25) is 11.7 Å². The summed E-state index contributed by atoms with van der Waals surface area (Å²) < 4.78 is 27.7. The molecule has 0 radical (unpaired) electrons. The number of nitrogens with one attached hydrogen (secondary N) is 1. The van der Waals surface area contributed by atoms with Crippen molar-refractivity contribution >= 4 is 27.4 Å². The van der Waals surface area contributed by atoms with Crippen molar-refractivity contribution in [2.45, 2.75) is 155 Å². The third-order valence-electron chi connectivity index (χ3n) is 14.6. The Hall–Kier alpha value is -1.70. The second kappa shape index (κ2) is 14.1. The van der Waals surface area contributed by atoms with Crippen molar-refractivity contribution in [1.29, 1.82) is 0 Å². The third-order valence-corrected chi connectivity index (χ3v) is 17.5. The van der Waals surface area contributed by atoms with Gasteiger partial charge in [0.15, 0.2) is 9.84 Å². The van der Waals surface area contributed by atoms with Gasteiger partial charge in [-0.05, 0) is 92.8 Å². The lowest BCUT2D eigenvalue weighted by Crippen LogP contribution is -2.58. The molecule has 0 aromatic rings. The zero-order valence-corrected chi connectivity index (χ0v) is 31.9. The standard InChI is InChI=1S/C40H66N2O5S/c1-8-23-41-35(44)33(43)29(24-28-17-16-18-28)25-31-32-30(38(32,5)6)26-42(31)36(45)34(39(7)19-12-10-13-20-39)40(21-14-11-15-22-40)27-48(46,47)37(3,4)9-2/h8,28-32,34H,1,9-27H2,2-7H3,(H,41,44)/t29?,30?,31-,32?,34?/m1/s1. The molecule has 5 atom stereocenters. The highest BCUT2D eigenvalue weighted by Gasteiger charge is 2.69. The number of ketones is 1. The Kier molecular flexibility index (Phi) is 11.1. The predicted octanol–water partition coefficient (Wildman–Crippen LogP) is 7.68. The fourth-order valence-electron chi connectivity index (χ4n) is 10.8. The van der Waals surface area contributed by atoms with Gasteiger partial charge in [0.05, 0.1) is 16.4 Å². The number of amides is 2. The minimum atomic E-state index is -3.49. The molecule has 272 valence electrons. The highest BCUT2D eigenvalue weighted by molar-refractivity contribution is 7.92. The zero-order valence-electron chi connectivity index (χ0n) is 31.1. The van der Waals surface area contributed by atoms with E-state index in [-0.39, 0.29) is 46.8 Å². The molecule has 0 spiro atoms. The van der Waals surface area contributed by atoms with Gasteiger partial charge in [0, 0.05) is 25.0 Å². The summed E-state index contributed by atoms with van der Waals surface area (Å²) in [6.07, 6.45) is 16.5. The number of carbonyl (C=O) groups excluding carboxylic acids is 3. The van der Waals surface area contributed by atoms with Crippen molar-refractivity contribution in [3.05, 3.63) is 12.7 Å². The predicted molar refractivity (Wildman–Crippen MR) is 193 cm³/mol. The Labute approximate surface area is 292 Å². The molecule has 5 aliphatic rings. The van der Waals surface area contributed by atoms with Gasteiger partial charge < -0.3 is 10.2 Å². The summed E-state index contributed by atoms with van der Waals surface area (Å²) in [6, 6.07) is -0.113. The summed E-state index contributed by atoms with van der Waals surface area (Å²) in [5, 5.41) is 2.73. The van der Waals surface area contributed by atoms with Crippen LogP contribution in [0.1, 0.15) is 144 Å². The summed E-state index contributed by atoms with van der Waals surface area (Å²) in [7, 11) is -3.49. The van der Waals surface area contributed by atoms with Crippen LogP contribution < -0.4 is 5.32 Å². The van der Waals surface area contributed by atoms with E-state index in [9.17, 15) is 18.0 Å². The van der Waals surface area contributed by atoms with Gasteiger partial charge >= 0.3 is 0 Å². The Morgan fingerprint density at radius 1 is 0.938 bits per heavy atom. The second-order valence-corrected chi connectivity index (χ2v) is 20.9. The van der Waals surface area contributed by atoms with E-state index >= 15 is 4.79 Å². The van der Waals surface area contributed by atoms with Crippen LogP contribution in [0, 0.1) is 45.8 Å². The van der Waals surface area contributed by atoms with Crippen molar-refractivity contribution < 1.29 is 22.8 Å². The maximum Gasteiger partial charge on any atom is 0.287 e. The summed E-state index contributed by atoms with van der Waals surface area (Å²) in [4.78, 5) is 44.6. The monoisotopic (exact) mass is 686 g/mol. The van der Waals surface area contributed by atoms with Crippen molar-refractivity contribution in [1.82, 2.24) is 10.2 Å². The lowest BCUT2D eigenvalue weighted by atomic mass is 9.54. The largest absolute Gasteiger partial charge is 0.346 e. The number of fused-ring (bicyclic) bond motifs is 1. The van der Waals surface area contributed by atoms with E-state index in [1.54, 1.807) is 6.08 Å². The van der Waals surface area contributed by atoms with E-state index in [2.05, 4.69) is 37.6 Å². The molecule has 1 saturated heterocycles. The molecule has 5 fully saturated rings. The molecule has 0 aromatic heterocycles. The van der Waals surface area contributed by atoms with Crippen LogP contribution in [-0.2, 0) is 24.2 Å². The number of piperidine rings is 1. The molecular weight excluding hydrogens is 621 g/mol. The van der Waals surface area contributed by atoms with Crippen LogP contribution >= 0.6 is 0 Å². The van der Waals surface area contributed by atoms with Crippen molar-refractivity contribution in [3.8, 4) is 0 Å². The molecular formula is C40H66N2O5S. The Balaban J connectivity index is 1.53. The molecule has 4 saturated carbocycles. The van der Waals surface area contributed by atoms with Gasteiger partial charge in [0.1, 0.15) is 0 Å². The number of hydrogen-bond donors (Lipinski definition) is 1. The second-order valence-electron chi connectivity index (χ2n) is 18.3. The van der Waals surface area contributed by atoms with Gasteiger partial charge in [-0.25, -0.2) is 8.42 Å². The quantitative estimate of drug-likeness (QED) is 0.141. The maximum atomic E-state index is 15.6. The molecule has 4 aliphatic carbocycles. The number of nitrogens with zero attached hydrogens (tertiary/aromatic N) is 1. The molecule has 0 bridgehead atoms. The molecule has 1 N–H and O–H groups in total. The van der Waals surface area contributed by atoms with Crippen LogP contribution in [0.15, 0.2) is 12.7 Å². The summed E-state index contributed by atoms with van der Waals surface area (Å²) >= 11 is 0. The zero-order chi connectivity index (χ0) is 35.1. The van der Waals surface area contributed by atoms with Gasteiger partial charge in [-0.15, -0.1) is 6.58 Å². The van der Waals surface area contributed by atoms with Crippen LogP contribution in [-0.4, -0.2) is 60.5 Å². The number of carbonyl (C=O) groups is 3. The van der Waals surface area contributed by atoms with Gasteiger partial charge in [-0.3, -0.25) is 14.4 Å². The van der Waals surface area contributed by atoms with E-state index in [4.69, 9.17) is 0 Å². The Bertz CT molecular complexity index is 1320.